The van der Waals surface area contributed by atoms with E-state index in [0.29, 0.717) is 50.3 Å². The summed E-state index contributed by atoms with van der Waals surface area (Å²) in [5.41, 5.74) is 1.49. The van der Waals surface area contributed by atoms with Gasteiger partial charge < -0.3 is 5.32 Å². The highest BCUT2D eigenvalue weighted by Crippen LogP contribution is 2.30. The molecule has 0 spiro atoms. The lowest BCUT2D eigenvalue weighted by Gasteiger charge is -2.31. The number of carbonyl (C=O) groups is 2. The molecule has 0 bridgehead atoms. The predicted octanol–water partition coefficient (Wildman–Crippen LogP) is 6.06. The zero-order valence-corrected chi connectivity index (χ0v) is 22.2. The van der Waals surface area contributed by atoms with Gasteiger partial charge in [-0.2, -0.15) is 0 Å². The molecule has 0 unspecified atom stereocenters. The SMILES string of the molecule is O=C(c1ccccc1)c1cc(Cl)ccc1NC(=O)C1CCN(S(=O)(=O)Cc2c(Cl)cccc2Cl)CC1. The van der Waals surface area contributed by atoms with Gasteiger partial charge >= 0.3 is 0 Å². The van der Waals surface area contributed by atoms with Gasteiger partial charge in [0.2, 0.25) is 15.9 Å². The molecule has 1 fully saturated rings. The quantitative estimate of drug-likeness (QED) is 0.353. The van der Waals surface area contributed by atoms with Crippen molar-refractivity contribution in [2.24, 2.45) is 5.92 Å². The van der Waals surface area contributed by atoms with Crippen LogP contribution in [0.25, 0.3) is 0 Å². The Morgan fingerprint density at radius 1 is 0.889 bits per heavy atom. The zero-order valence-electron chi connectivity index (χ0n) is 19.1. The second-order valence-electron chi connectivity index (χ2n) is 8.50. The fraction of sp³-hybridized carbons (Fsp3) is 0.231. The second-order valence-corrected chi connectivity index (χ2v) is 11.7. The van der Waals surface area contributed by atoms with Crippen LogP contribution >= 0.6 is 34.8 Å². The van der Waals surface area contributed by atoms with Crippen LogP contribution in [0.5, 0.6) is 0 Å². The molecule has 1 amide bonds. The van der Waals surface area contributed by atoms with Crippen LogP contribution in [0.4, 0.5) is 5.69 Å². The Morgan fingerprint density at radius 2 is 1.53 bits per heavy atom. The Hall–Kier alpha value is -2.42. The first-order valence-corrected chi connectivity index (χ1v) is 14.0. The topological polar surface area (TPSA) is 83.6 Å². The summed E-state index contributed by atoms with van der Waals surface area (Å²) in [6.07, 6.45) is 0.688. The normalized spacial score (nSPS) is 15.0. The number of nitrogens with one attached hydrogen (secondary N) is 1. The molecule has 1 N–H and O–H groups in total. The van der Waals surface area contributed by atoms with E-state index in [2.05, 4.69) is 5.32 Å². The Kier molecular flexibility index (Phi) is 8.37. The molecule has 4 rings (SSSR count). The summed E-state index contributed by atoms with van der Waals surface area (Å²) >= 11 is 18.4. The third-order valence-corrected chi connectivity index (χ3v) is 8.88. The monoisotopic (exact) mass is 564 g/mol. The van der Waals surface area contributed by atoms with Crippen LogP contribution in [0, 0.1) is 5.92 Å². The van der Waals surface area contributed by atoms with Gasteiger partial charge in [-0.15, -0.1) is 0 Å². The van der Waals surface area contributed by atoms with Crippen molar-refractivity contribution in [2.75, 3.05) is 18.4 Å². The van der Waals surface area contributed by atoms with Gasteiger partial charge in [-0.25, -0.2) is 12.7 Å². The minimum Gasteiger partial charge on any atom is -0.325 e. The van der Waals surface area contributed by atoms with Crippen LogP contribution in [0.2, 0.25) is 15.1 Å². The minimum absolute atomic E-state index is 0.193. The number of amides is 1. The van der Waals surface area contributed by atoms with Crippen molar-refractivity contribution >= 4 is 62.2 Å². The van der Waals surface area contributed by atoms with Crippen LogP contribution < -0.4 is 5.32 Å². The van der Waals surface area contributed by atoms with E-state index in [9.17, 15) is 18.0 Å². The van der Waals surface area contributed by atoms with Gasteiger partial charge in [0.1, 0.15) is 0 Å². The van der Waals surface area contributed by atoms with Crippen LogP contribution in [-0.4, -0.2) is 37.5 Å². The van der Waals surface area contributed by atoms with Crippen molar-refractivity contribution in [3.8, 4) is 0 Å². The van der Waals surface area contributed by atoms with Gasteiger partial charge in [-0.1, -0.05) is 71.2 Å². The van der Waals surface area contributed by atoms with Crippen LogP contribution in [-0.2, 0) is 20.6 Å². The Morgan fingerprint density at radius 3 is 2.17 bits per heavy atom. The lowest BCUT2D eigenvalue weighted by atomic mass is 9.96. The molecule has 0 saturated carbocycles. The van der Waals surface area contributed by atoms with Crippen molar-refractivity contribution in [3.63, 3.8) is 0 Å². The number of piperidine rings is 1. The highest BCUT2D eigenvalue weighted by molar-refractivity contribution is 7.88. The van der Waals surface area contributed by atoms with E-state index in [1.54, 1.807) is 54.6 Å². The van der Waals surface area contributed by atoms with E-state index < -0.39 is 15.9 Å². The fourth-order valence-electron chi connectivity index (χ4n) is 4.13. The van der Waals surface area contributed by atoms with Gasteiger partial charge in [0.15, 0.2) is 5.78 Å². The van der Waals surface area contributed by atoms with E-state index in [-0.39, 0.29) is 30.5 Å². The highest BCUT2D eigenvalue weighted by atomic mass is 35.5. The van der Waals surface area contributed by atoms with Crippen molar-refractivity contribution in [2.45, 2.75) is 18.6 Å². The highest BCUT2D eigenvalue weighted by Gasteiger charge is 2.32. The van der Waals surface area contributed by atoms with E-state index >= 15 is 0 Å². The van der Waals surface area contributed by atoms with Crippen molar-refractivity contribution in [1.82, 2.24) is 4.31 Å². The summed E-state index contributed by atoms with van der Waals surface area (Å²) < 4.78 is 27.3. The number of ketones is 1. The van der Waals surface area contributed by atoms with Gasteiger partial charge in [0.25, 0.3) is 0 Å². The molecule has 0 aliphatic carbocycles. The molecule has 1 aliphatic heterocycles. The summed E-state index contributed by atoms with van der Waals surface area (Å²) in [6, 6.07) is 18.3. The molecule has 36 heavy (non-hydrogen) atoms. The Bertz CT molecular complexity index is 1370. The third kappa shape index (κ3) is 6.10. The lowest BCUT2D eigenvalue weighted by molar-refractivity contribution is -0.120. The number of hydrogen-bond acceptors (Lipinski definition) is 4. The van der Waals surface area contributed by atoms with Gasteiger partial charge in [0, 0.05) is 50.8 Å². The number of rotatable bonds is 7. The summed E-state index contributed by atoms with van der Waals surface area (Å²) in [7, 11) is -3.67. The number of nitrogens with zero attached hydrogens (tertiary/aromatic N) is 1. The van der Waals surface area contributed by atoms with E-state index in [1.807, 2.05) is 6.07 Å². The Balaban J connectivity index is 1.42. The molecule has 0 radical (unpaired) electrons. The second kappa shape index (κ2) is 11.3. The summed E-state index contributed by atoms with van der Waals surface area (Å²) in [4.78, 5) is 26.1. The van der Waals surface area contributed by atoms with Crippen molar-refractivity contribution in [1.29, 1.82) is 0 Å². The molecule has 0 atom stereocenters. The zero-order chi connectivity index (χ0) is 25.9. The summed E-state index contributed by atoms with van der Waals surface area (Å²) in [5, 5.41) is 3.82. The largest absolute Gasteiger partial charge is 0.325 e. The van der Waals surface area contributed by atoms with Crippen molar-refractivity contribution in [3.05, 3.63) is 98.5 Å². The average Bonchev–Trinajstić information content (AvgIpc) is 2.87. The first kappa shape index (κ1) is 26.6. The number of sulfonamides is 1. The molecule has 3 aromatic rings. The molecule has 1 saturated heterocycles. The number of hydrogen-bond donors (Lipinski definition) is 1. The predicted molar refractivity (Wildman–Crippen MR) is 143 cm³/mol. The molecule has 1 aliphatic rings. The lowest BCUT2D eigenvalue weighted by Crippen LogP contribution is -2.42. The van der Waals surface area contributed by atoms with Crippen LogP contribution in [0.3, 0.4) is 0 Å². The number of anilines is 1. The average molecular weight is 566 g/mol. The molecule has 3 aromatic carbocycles. The molecular formula is C26H23Cl3N2O4S. The molecule has 6 nitrogen and oxygen atoms in total. The Labute approximate surface area is 225 Å². The maximum Gasteiger partial charge on any atom is 0.227 e. The van der Waals surface area contributed by atoms with E-state index in [1.165, 1.54) is 10.4 Å². The van der Waals surface area contributed by atoms with E-state index in [0.717, 1.165) is 0 Å². The third-order valence-electron chi connectivity index (χ3n) is 6.13. The molecule has 1 heterocycles. The summed E-state index contributed by atoms with van der Waals surface area (Å²) in [5.74, 6) is -1.24. The molecular weight excluding hydrogens is 543 g/mol. The molecule has 188 valence electrons. The number of benzene rings is 3. The molecule has 0 aromatic heterocycles. The smallest absolute Gasteiger partial charge is 0.227 e. The maximum absolute atomic E-state index is 13.0. The maximum atomic E-state index is 13.0. The minimum atomic E-state index is -3.67. The number of halogens is 3. The van der Waals surface area contributed by atoms with Gasteiger partial charge in [-0.05, 0) is 43.2 Å². The summed E-state index contributed by atoms with van der Waals surface area (Å²) in [6.45, 7) is 0.387. The van der Waals surface area contributed by atoms with E-state index in [4.69, 9.17) is 34.8 Å². The standard InChI is InChI=1S/C26H23Cl3N2O4S/c27-19-9-10-24(20(15-19)25(32)17-5-2-1-3-6-17)30-26(33)18-11-13-31(14-12-18)36(34,35)16-21-22(28)7-4-8-23(21)29/h1-10,15,18H,11-14,16H2,(H,30,33). The first-order chi connectivity index (χ1) is 17.2. The van der Waals surface area contributed by atoms with Crippen LogP contribution in [0.1, 0.15) is 34.3 Å². The molecule has 10 heteroatoms. The first-order valence-electron chi connectivity index (χ1n) is 11.3. The number of carbonyl (C=O) groups excluding carboxylic acids is 2. The van der Waals surface area contributed by atoms with Crippen molar-refractivity contribution < 1.29 is 18.0 Å². The fourth-order valence-corrected chi connectivity index (χ4v) is 6.62. The van der Waals surface area contributed by atoms with Gasteiger partial charge in [-0.3, -0.25) is 9.59 Å². The van der Waals surface area contributed by atoms with Gasteiger partial charge in [0.05, 0.1) is 11.4 Å². The van der Waals surface area contributed by atoms with Crippen LogP contribution in [0.15, 0.2) is 66.7 Å².